The lowest BCUT2D eigenvalue weighted by Crippen LogP contribution is -2.35. The lowest BCUT2D eigenvalue weighted by molar-refractivity contribution is 0.0984. The molecule has 2 aromatic carbocycles. The Morgan fingerprint density at radius 2 is 2.07 bits per heavy atom. The minimum absolute atomic E-state index is 0. The van der Waals surface area contributed by atoms with Gasteiger partial charge in [-0.3, -0.25) is 4.79 Å². The largest absolute Gasteiger partial charge is 0.493 e. The zero-order valence-electron chi connectivity index (χ0n) is 15.7. The number of allylic oxidation sites excluding steroid dienone is 1. The molecule has 2 aromatic rings. The number of anilines is 2. The van der Waals surface area contributed by atoms with Crippen molar-refractivity contribution in [2.45, 2.75) is 19.3 Å². The average molecular weight is 389 g/mol. The fourth-order valence-electron chi connectivity index (χ4n) is 3.49. The second-order valence-corrected chi connectivity index (χ2v) is 6.27. The van der Waals surface area contributed by atoms with Crippen LogP contribution in [0.2, 0.25) is 0 Å². The van der Waals surface area contributed by atoms with Crippen molar-refractivity contribution in [1.82, 2.24) is 0 Å². The van der Waals surface area contributed by atoms with Crippen LogP contribution < -0.4 is 20.1 Å². The maximum Gasteiger partial charge on any atom is 0.258 e. The van der Waals surface area contributed by atoms with Crippen LogP contribution >= 0.6 is 12.4 Å². The van der Waals surface area contributed by atoms with Crippen molar-refractivity contribution in [2.24, 2.45) is 0 Å². The first-order chi connectivity index (χ1) is 12.6. The lowest BCUT2D eigenvalue weighted by atomic mass is 9.98. The molecule has 6 heteroatoms. The molecule has 0 radical (unpaired) electrons. The third-order valence-electron chi connectivity index (χ3n) is 4.70. The smallest absolute Gasteiger partial charge is 0.258 e. The molecule has 0 saturated heterocycles. The van der Waals surface area contributed by atoms with Crippen LogP contribution in [0, 0.1) is 0 Å². The number of hydrogen-bond donors (Lipinski definition) is 1. The van der Waals surface area contributed by atoms with E-state index < -0.39 is 0 Å². The van der Waals surface area contributed by atoms with Gasteiger partial charge in [0.15, 0.2) is 11.5 Å². The molecule has 0 atom stereocenters. The summed E-state index contributed by atoms with van der Waals surface area (Å²) in [6, 6.07) is 9.30. The molecule has 0 aliphatic carbocycles. The quantitative estimate of drug-likeness (QED) is 0.620. The summed E-state index contributed by atoms with van der Waals surface area (Å²) in [5, 5.41) is 0. The Hall–Kier alpha value is -2.66. The van der Waals surface area contributed by atoms with Gasteiger partial charge in [-0.25, -0.2) is 0 Å². The van der Waals surface area contributed by atoms with E-state index in [0.717, 1.165) is 35.3 Å². The van der Waals surface area contributed by atoms with Gasteiger partial charge in [-0.05, 0) is 49.1 Å². The van der Waals surface area contributed by atoms with Crippen molar-refractivity contribution < 1.29 is 14.3 Å². The Morgan fingerprint density at radius 3 is 2.74 bits per heavy atom. The Labute approximate surface area is 166 Å². The molecule has 27 heavy (non-hydrogen) atoms. The summed E-state index contributed by atoms with van der Waals surface area (Å²) in [6.45, 7) is 4.45. The molecular formula is C21H25ClN2O3. The summed E-state index contributed by atoms with van der Waals surface area (Å²) in [4.78, 5) is 15.1. The maximum absolute atomic E-state index is 13.3. The number of amides is 1. The molecule has 1 aliphatic rings. The van der Waals surface area contributed by atoms with Crippen LogP contribution in [0.5, 0.6) is 11.5 Å². The molecule has 0 aromatic heterocycles. The predicted molar refractivity (Wildman–Crippen MR) is 112 cm³/mol. The van der Waals surface area contributed by atoms with Crippen LogP contribution in [0.3, 0.4) is 0 Å². The fraction of sp³-hybridized carbons (Fsp3) is 0.286. The number of carbonyl (C=O) groups is 1. The van der Waals surface area contributed by atoms with Gasteiger partial charge in [0.1, 0.15) is 0 Å². The molecule has 0 unspecified atom stereocenters. The van der Waals surface area contributed by atoms with E-state index in [4.69, 9.17) is 15.2 Å². The number of halogens is 1. The van der Waals surface area contributed by atoms with E-state index >= 15 is 0 Å². The summed E-state index contributed by atoms with van der Waals surface area (Å²) in [5.41, 5.74) is 10.2. The Balaban J connectivity index is 0.00000261. The van der Waals surface area contributed by atoms with Crippen molar-refractivity contribution in [3.05, 3.63) is 59.7 Å². The Morgan fingerprint density at radius 1 is 1.30 bits per heavy atom. The molecule has 144 valence electrons. The first-order valence-electron chi connectivity index (χ1n) is 8.65. The van der Waals surface area contributed by atoms with Gasteiger partial charge in [-0.1, -0.05) is 12.1 Å². The highest BCUT2D eigenvalue weighted by atomic mass is 35.5. The van der Waals surface area contributed by atoms with Gasteiger partial charge in [0, 0.05) is 29.0 Å². The Kier molecular flexibility index (Phi) is 6.75. The van der Waals surface area contributed by atoms with Crippen LogP contribution in [-0.2, 0) is 12.8 Å². The summed E-state index contributed by atoms with van der Waals surface area (Å²) in [5.74, 6) is 1.11. The maximum atomic E-state index is 13.3. The number of nitrogens with zero attached hydrogens (tertiary/aromatic N) is 1. The van der Waals surface area contributed by atoms with Gasteiger partial charge in [0.2, 0.25) is 0 Å². The van der Waals surface area contributed by atoms with E-state index in [-0.39, 0.29) is 18.3 Å². The minimum Gasteiger partial charge on any atom is -0.493 e. The number of hydrogen-bond acceptors (Lipinski definition) is 4. The third kappa shape index (κ3) is 3.88. The van der Waals surface area contributed by atoms with Crippen molar-refractivity contribution in [2.75, 3.05) is 31.4 Å². The number of ether oxygens (including phenoxy) is 2. The van der Waals surface area contributed by atoms with Gasteiger partial charge in [0.05, 0.1) is 14.2 Å². The standard InChI is InChI=1S/C21H24N2O3.ClH/c1-4-7-14-12-15(13-19(25-2)20(14)26-3)21(24)23-11-6-8-16-17(22)9-5-10-18(16)23;/h4-5,9-10,12-13H,1,6-8,11,22H2,2-3H3;1H. The zero-order chi connectivity index (χ0) is 18.7. The third-order valence-corrected chi connectivity index (χ3v) is 4.70. The highest BCUT2D eigenvalue weighted by molar-refractivity contribution is 6.07. The summed E-state index contributed by atoms with van der Waals surface area (Å²) < 4.78 is 10.9. The van der Waals surface area contributed by atoms with E-state index in [2.05, 4.69) is 6.58 Å². The predicted octanol–water partition coefficient (Wildman–Crippen LogP) is 4.03. The van der Waals surface area contributed by atoms with Crippen LogP contribution in [0.1, 0.15) is 27.9 Å². The van der Waals surface area contributed by atoms with Gasteiger partial charge in [-0.15, -0.1) is 19.0 Å². The van der Waals surface area contributed by atoms with E-state index in [9.17, 15) is 4.79 Å². The van der Waals surface area contributed by atoms with E-state index in [0.29, 0.717) is 30.0 Å². The van der Waals surface area contributed by atoms with Crippen LogP contribution in [-0.4, -0.2) is 26.7 Å². The van der Waals surface area contributed by atoms with E-state index in [1.807, 2.05) is 24.3 Å². The minimum atomic E-state index is -0.0668. The Bertz CT molecular complexity index is 852. The van der Waals surface area contributed by atoms with Crippen molar-refractivity contribution in [3.63, 3.8) is 0 Å². The zero-order valence-corrected chi connectivity index (χ0v) is 16.5. The van der Waals surface area contributed by atoms with Gasteiger partial charge < -0.3 is 20.1 Å². The second kappa shape index (κ2) is 8.82. The van der Waals surface area contributed by atoms with Crippen molar-refractivity contribution in [1.29, 1.82) is 0 Å². The fourth-order valence-corrected chi connectivity index (χ4v) is 3.49. The molecule has 1 heterocycles. The van der Waals surface area contributed by atoms with Crippen molar-refractivity contribution in [3.8, 4) is 11.5 Å². The van der Waals surface area contributed by atoms with Crippen LogP contribution in [0.4, 0.5) is 11.4 Å². The molecule has 2 N–H and O–H groups in total. The molecule has 3 rings (SSSR count). The summed E-state index contributed by atoms with van der Waals surface area (Å²) in [6.07, 6.45) is 4.14. The molecule has 0 bridgehead atoms. The monoisotopic (exact) mass is 388 g/mol. The molecular weight excluding hydrogens is 364 g/mol. The number of fused-ring (bicyclic) bond motifs is 1. The molecule has 1 amide bonds. The first-order valence-corrected chi connectivity index (χ1v) is 8.65. The molecule has 0 saturated carbocycles. The normalized spacial score (nSPS) is 12.6. The number of nitrogens with two attached hydrogens (primary N) is 1. The number of carbonyl (C=O) groups excluding carboxylic acids is 1. The van der Waals surface area contributed by atoms with Crippen molar-refractivity contribution >= 4 is 29.7 Å². The van der Waals surface area contributed by atoms with Gasteiger partial charge in [0.25, 0.3) is 5.91 Å². The second-order valence-electron chi connectivity index (χ2n) is 6.27. The average Bonchev–Trinajstić information content (AvgIpc) is 2.67. The first kappa shape index (κ1) is 20.6. The lowest BCUT2D eigenvalue weighted by Gasteiger charge is -2.30. The van der Waals surface area contributed by atoms with Crippen LogP contribution in [0.25, 0.3) is 0 Å². The van der Waals surface area contributed by atoms with E-state index in [1.165, 1.54) is 0 Å². The highest BCUT2D eigenvalue weighted by Crippen LogP contribution is 2.36. The molecule has 5 nitrogen and oxygen atoms in total. The summed E-state index contributed by atoms with van der Waals surface area (Å²) >= 11 is 0. The SMILES string of the molecule is C=CCc1cc(C(=O)N2CCCc3c(N)cccc32)cc(OC)c1OC.Cl. The number of methoxy groups -OCH3 is 2. The number of rotatable bonds is 5. The molecule has 1 aliphatic heterocycles. The van der Waals surface area contributed by atoms with Crippen LogP contribution in [0.15, 0.2) is 43.0 Å². The van der Waals surface area contributed by atoms with Gasteiger partial charge >= 0.3 is 0 Å². The molecule has 0 spiro atoms. The summed E-state index contributed by atoms with van der Waals surface area (Å²) in [7, 11) is 3.16. The highest BCUT2D eigenvalue weighted by Gasteiger charge is 2.26. The molecule has 0 fully saturated rings. The van der Waals surface area contributed by atoms with E-state index in [1.54, 1.807) is 31.3 Å². The topological polar surface area (TPSA) is 64.8 Å². The van der Waals surface area contributed by atoms with Gasteiger partial charge in [-0.2, -0.15) is 0 Å². The number of benzene rings is 2. The number of nitrogen functional groups attached to an aromatic ring is 1.